The summed E-state index contributed by atoms with van der Waals surface area (Å²) in [6.45, 7) is -0.0138. The average molecular weight is 610 g/mol. The number of aromatic nitrogens is 1. The van der Waals surface area contributed by atoms with Gasteiger partial charge in [-0.2, -0.15) is 0 Å². The normalized spacial score (nSPS) is 19.9. The van der Waals surface area contributed by atoms with Gasteiger partial charge in [-0.3, -0.25) is 4.79 Å². The molecule has 0 radical (unpaired) electrons. The lowest BCUT2D eigenvalue weighted by Gasteiger charge is -2.36. The number of benzene rings is 3. The van der Waals surface area contributed by atoms with Gasteiger partial charge in [-0.1, -0.05) is 95.1 Å². The van der Waals surface area contributed by atoms with Crippen LogP contribution in [0.3, 0.4) is 0 Å². The van der Waals surface area contributed by atoms with E-state index in [2.05, 4.69) is 11.4 Å². The second-order valence-electron chi connectivity index (χ2n) is 8.68. The molecule has 1 fully saturated rings. The summed E-state index contributed by atoms with van der Waals surface area (Å²) in [5, 5.41) is 12.0. The zero-order valence-corrected chi connectivity index (χ0v) is 23.8. The molecule has 1 aliphatic heterocycles. The van der Waals surface area contributed by atoms with E-state index in [4.69, 9.17) is 49.3 Å². The Balaban J connectivity index is 1.33. The largest absolute Gasteiger partial charge is 0.392 e. The third-order valence-electron chi connectivity index (χ3n) is 5.98. The lowest BCUT2D eigenvalue weighted by Crippen LogP contribution is -2.31. The predicted molar refractivity (Wildman–Crippen MR) is 154 cm³/mol. The number of hydrogen-bond donors (Lipinski definition) is 2. The molecule has 3 aromatic carbocycles. The van der Waals surface area contributed by atoms with Crippen molar-refractivity contribution in [2.75, 3.05) is 11.1 Å². The number of carbonyl (C=O) groups is 1. The van der Waals surface area contributed by atoms with Gasteiger partial charge in [-0.05, 0) is 35.4 Å². The van der Waals surface area contributed by atoms with E-state index in [9.17, 15) is 9.90 Å². The zero-order valence-electron chi connectivity index (χ0n) is 19.9. The Morgan fingerprint density at radius 3 is 2.42 bits per heavy atom. The average Bonchev–Trinajstić information content (AvgIpc) is 3.35. The van der Waals surface area contributed by atoms with Crippen molar-refractivity contribution < 1.29 is 19.4 Å². The van der Waals surface area contributed by atoms with Crippen LogP contribution >= 0.6 is 57.9 Å². The molecule has 0 unspecified atom stereocenters. The molecule has 5 rings (SSSR count). The summed E-state index contributed by atoms with van der Waals surface area (Å²) in [6, 6.07) is 22.9. The number of rotatable bonds is 7. The van der Waals surface area contributed by atoms with Crippen LogP contribution in [0.1, 0.15) is 35.5 Å². The first-order valence-corrected chi connectivity index (χ1v) is 14.7. The molecule has 2 heterocycles. The van der Waals surface area contributed by atoms with E-state index < -0.39 is 16.0 Å². The summed E-state index contributed by atoms with van der Waals surface area (Å²) in [7, 11) is 0. The van der Waals surface area contributed by atoms with E-state index in [1.165, 1.54) is 0 Å². The van der Waals surface area contributed by atoms with E-state index in [-0.39, 0.29) is 18.8 Å². The lowest BCUT2D eigenvalue weighted by molar-refractivity contribution is -0.245. The molecule has 0 spiro atoms. The Kier molecular flexibility index (Phi) is 8.82. The number of halogens is 3. The summed E-state index contributed by atoms with van der Waals surface area (Å²) in [5.74, 6) is -0.0267. The molecular weight excluding hydrogens is 587 g/mol. The molecule has 38 heavy (non-hydrogen) atoms. The van der Waals surface area contributed by atoms with Crippen molar-refractivity contribution >= 4 is 79.7 Å². The number of amides is 1. The second kappa shape index (κ2) is 12.1. The lowest BCUT2D eigenvalue weighted by atomic mass is 10.0. The van der Waals surface area contributed by atoms with Crippen LogP contribution in [0.4, 0.5) is 5.69 Å². The number of anilines is 1. The smallest absolute Gasteiger partial charge is 0.276 e. The van der Waals surface area contributed by atoms with Gasteiger partial charge in [0.1, 0.15) is 0 Å². The Morgan fingerprint density at radius 1 is 1.03 bits per heavy atom. The summed E-state index contributed by atoms with van der Waals surface area (Å²) in [5.41, 5.74) is 4.13. The van der Waals surface area contributed by atoms with Gasteiger partial charge >= 0.3 is 0 Å². The fourth-order valence-corrected chi connectivity index (χ4v) is 6.28. The SMILES string of the molecule is O=C(Nc1ccc([C@H]2O[C@@H](CSc3nc4ccccc4s3)C[C@@H](c3ccc(CO)cc3)O2)cc1)C(Cl)(Cl)Cl. The number of alkyl halides is 3. The molecule has 2 N–H and O–H groups in total. The Bertz CT molecular complexity index is 1360. The van der Waals surface area contributed by atoms with Gasteiger partial charge < -0.3 is 19.9 Å². The Labute approximate surface area is 243 Å². The highest BCUT2D eigenvalue weighted by molar-refractivity contribution is 8.01. The van der Waals surface area contributed by atoms with Crippen LogP contribution in [0.2, 0.25) is 0 Å². The van der Waals surface area contributed by atoms with Gasteiger partial charge in [0.15, 0.2) is 10.6 Å². The zero-order chi connectivity index (χ0) is 26.7. The van der Waals surface area contributed by atoms with E-state index in [0.717, 1.165) is 31.2 Å². The maximum atomic E-state index is 12.0. The number of hydrogen-bond acceptors (Lipinski definition) is 7. The number of aliphatic hydroxyl groups excluding tert-OH is 1. The maximum absolute atomic E-state index is 12.0. The number of nitrogens with one attached hydrogen (secondary N) is 1. The molecule has 1 aromatic heterocycles. The minimum absolute atomic E-state index is 0.0138. The molecule has 0 aliphatic carbocycles. The predicted octanol–water partition coefficient (Wildman–Crippen LogP) is 7.44. The molecule has 0 bridgehead atoms. The van der Waals surface area contributed by atoms with Crippen LogP contribution in [0, 0.1) is 0 Å². The fourth-order valence-electron chi connectivity index (χ4n) is 4.03. The topological polar surface area (TPSA) is 80.7 Å². The minimum Gasteiger partial charge on any atom is -0.392 e. The maximum Gasteiger partial charge on any atom is 0.276 e. The van der Waals surface area contributed by atoms with Crippen molar-refractivity contribution in [3.05, 3.63) is 89.5 Å². The Morgan fingerprint density at radius 2 is 1.74 bits per heavy atom. The van der Waals surface area contributed by atoms with Gasteiger partial charge in [-0.15, -0.1) is 11.3 Å². The van der Waals surface area contributed by atoms with Crippen molar-refractivity contribution in [3.8, 4) is 0 Å². The summed E-state index contributed by atoms with van der Waals surface area (Å²) in [6.07, 6.45) is -0.252. The number of nitrogens with zero attached hydrogens (tertiary/aromatic N) is 1. The number of fused-ring (bicyclic) bond motifs is 1. The summed E-state index contributed by atoms with van der Waals surface area (Å²) in [4.78, 5) is 16.7. The van der Waals surface area contributed by atoms with E-state index in [0.29, 0.717) is 17.9 Å². The van der Waals surface area contributed by atoms with Crippen molar-refractivity contribution in [3.63, 3.8) is 0 Å². The van der Waals surface area contributed by atoms with Crippen LogP contribution in [0.15, 0.2) is 77.1 Å². The summed E-state index contributed by atoms with van der Waals surface area (Å²) < 4.78 is 12.9. The number of thiazole rings is 1. The number of thioether (sulfide) groups is 1. The monoisotopic (exact) mass is 608 g/mol. The first-order chi connectivity index (χ1) is 18.3. The van der Waals surface area contributed by atoms with E-state index in [1.54, 1.807) is 35.2 Å². The van der Waals surface area contributed by atoms with Crippen LogP contribution in [-0.4, -0.2) is 31.6 Å². The molecule has 0 saturated carbocycles. The number of carbonyl (C=O) groups excluding carboxylic acids is 1. The van der Waals surface area contributed by atoms with Crippen LogP contribution in [0.25, 0.3) is 10.2 Å². The van der Waals surface area contributed by atoms with E-state index >= 15 is 0 Å². The van der Waals surface area contributed by atoms with Gasteiger partial charge in [-0.25, -0.2) is 4.98 Å². The molecule has 1 amide bonds. The highest BCUT2D eigenvalue weighted by Gasteiger charge is 2.33. The standard InChI is InChI=1S/C27H23Cl3N2O4S2/c28-27(29,30)25(34)31-19-11-9-18(10-12-19)24-35-20(13-22(36-24)17-7-5-16(14-33)6-8-17)15-37-26-32-21-3-1-2-4-23(21)38-26/h1-12,20,22,24,33H,13-15H2,(H,31,34)/t20-,22+,24+/m1/s1. The molecule has 1 aliphatic rings. The van der Waals surface area contributed by atoms with Crippen molar-refractivity contribution in [2.45, 2.75) is 39.7 Å². The fraction of sp³-hybridized carbons (Fsp3) is 0.259. The van der Waals surface area contributed by atoms with Crippen LogP contribution < -0.4 is 5.32 Å². The van der Waals surface area contributed by atoms with Crippen LogP contribution in [0.5, 0.6) is 0 Å². The molecule has 4 aromatic rings. The third kappa shape index (κ3) is 6.81. The summed E-state index contributed by atoms with van der Waals surface area (Å²) >= 11 is 20.3. The second-order valence-corrected chi connectivity index (χ2v) is 13.3. The van der Waals surface area contributed by atoms with Crippen molar-refractivity contribution in [1.29, 1.82) is 0 Å². The minimum atomic E-state index is -2.05. The highest BCUT2D eigenvalue weighted by atomic mass is 35.6. The molecule has 198 valence electrons. The van der Waals surface area contributed by atoms with Gasteiger partial charge in [0.05, 0.1) is 29.0 Å². The third-order valence-corrected chi connectivity index (χ3v) is 8.81. The van der Waals surface area contributed by atoms with E-state index in [1.807, 2.05) is 54.6 Å². The molecule has 11 heteroatoms. The Hall–Kier alpha value is -1.88. The molecule has 6 nitrogen and oxygen atoms in total. The van der Waals surface area contributed by atoms with Gasteiger partial charge in [0.25, 0.3) is 9.70 Å². The highest BCUT2D eigenvalue weighted by Crippen LogP contribution is 2.40. The molecular formula is C27H23Cl3N2O4S2. The number of aliphatic hydroxyl groups is 1. The van der Waals surface area contributed by atoms with Gasteiger partial charge in [0, 0.05) is 23.4 Å². The van der Waals surface area contributed by atoms with Crippen LogP contribution in [-0.2, 0) is 20.9 Å². The first kappa shape index (κ1) is 27.7. The van der Waals surface area contributed by atoms with Crippen molar-refractivity contribution in [1.82, 2.24) is 4.98 Å². The first-order valence-electron chi connectivity index (χ1n) is 11.8. The number of ether oxygens (including phenoxy) is 2. The van der Waals surface area contributed by atoms with Gasteiger partial charge in [0.2, 0.25) is 0 Å². The van der Waals surface area contributed by atoms with Crippen molar-refractivity contribution in [2.24, 2.45) is 0 Å². The molecule has 3 atom stereocenters. The molecule has 1 saturated heterocycles. The quantitative estimate of drug-likeness (QED) is 0.168. The number of para-hydroxylation sites is 1.